The van der Waals surface area contributed by atoms with Gasteiger partial charge in [-0.05, 0) is 67.6 Å². The first-order chi connectivity index (χ1) is 15.6. The fraction of sp³-hybridized carbons (Fsp3) is 0.321. The molecule has 0 aliphatic heterocycles. The van der Waals surface area contributed by atoms with Crippen LogP contribution in [-0.4, -0.2) is 16.2 Å². The molecule has 0 N–H and O–H groups in total. The SMILES string of the molecule is CCC(C)c1ccc(OCCCn2c(COc3ccc(C)cc3)nc3ccccc32)cc1. The van der Waals surface area contributed by atoms with Crippen molar-refractivity contribution in [2.24, 2.45) is 0 Å². The van der Waals surface area contributed by atoms with E-state index in [1.807, 2.05) is 18.2 Å². The summed E-state index contributed by atoms with van der Waals surface area (Å²) < 4.78 is 14.3. The van der Waals surface area contributed by atoms with Crippen molar-refractivity contribution < 1.29 is 9.47 Å². The van der Waals surface area contributed by atoms with Gasteiger partial charge in [0.15, 0.2) is 0 Å². The second kappa shape index (κ2) is 10.4. The minimum atomic E-state index is 0.440. The van der Waals surface area contributed by atoms with Crippen molar-refractivity contribution in [1.29, 1.82) is 0 Å². The van der Waals surface area contributed by atoms with Crippen molar-refractivity contribution in [3.63, 3.8) is 0 Å². The number of hydrogen-bond acceptors (Lipinski definition) is 3. The van der Waals surface area contributed by atoms with Gasteiger partial charge in [-0.2, -0.15) is 0 Å². The molecule has 0 bridgehead atoms. The lowest BCUT2D eigenvalue weighted by Gasteiger charge is -2.12. The van der Waals surface area contributed by atoms with Gasteiger partial charge in [0.05, 0.1) is 17.6 Å². The van der Waals surface area contributed by atoms with Gasteiger partial charge in [-0.1, -0.05) is 55.8 Å². The van der Waals surface area contributed by atoms with E-state index < -0.39 is 0 Å². The zero-order valence-electron chi connectivity index (χ0n) is 19.3. The summed E-state index contributed by atoms with van der Waals surface area (Å²) in [5.41, 5.74) is 4.71. The second-order valence-electron chi connectivity index (χ2n) is 8.35. The molecule has 4 nitrogen and oxygen atoms in total. The van der Waals surface area contributed by atoms with E-state index in [2.05, 4.69) is 79.9 Å². The van der Waals surface area contributed by atoms with Crippen molar-refractivity contribution in [3.8, 4) is 11.5 Å². The lowest BCUT2D eigenvalue weighted by molar-refractivity contribution is 0.280. The lowest BCUT2D eigenvalue weighted by atomic mass is 9.99. The third kappa shape index (κ3) is 5.31. The van der Waals surface area contributed by atoms with Crippen molar-refractivity contribution in [3.05, 3.63) is 89.7 Å². The first-order valence-electron chi connectivity index (χ1n) is 11.5. The van der Waals surface area contributed by atoms with Gasteiger partial charge in [0.1, 0.15) is 23.9 Å². The zero-order valence-corrected chi connectivity index (χ0v) is 19.3. The molecule has 0 radical (unpaired) electrons. The zero-order chi connectivity index (χ0) is 22.3. The quantitative estimate of drug-likeness (QED) is 0.258. The van der Waals surface area contributed by atoms with E-state index in [0.29, 0.717) is 19.1 Å². The Kier molecular flexibility index (Phi) is 7.10. The van der Waals surface area contributed by atoms with Crippen LogP contribution in [0.25, 0.3) is 11.0 Å². The minimum absolute atomic E-state index is 0.440. The van der Waals surface area contributed by atoms with E-state index in [0.717, 1.165) is 47.7 Å². The van der Waals surface area contributed by atoms with Crippen LogP contribution in [0.4, 0.5) is 0 Å². The third-order valence-corrected chi connectivity index (χ3v) is 5.98. The monoisotopic (exact) mass is 428 g/mol. The van der Waals surface area contributed by atoms with Crippen molar-refractivity contribution >= 4 is 11.0 Å². The average molecular weight is 429 g/mol. The normalized spacial score (nSPS) is 12.1. The summed E-state index contributed by atoms with van der Waals surface area (Å²) in [4.78, 5) is 4.81. The van der Waals surface area contributed by atoms with Crippen LogP contribution in [0.2, 0.25) is 0 Å². The molecule has 1 heterocycles. The van der Waals surface area contributed by atoms with Gasteiger partial charge in [0.2, 0.25) is 0 Å². The van der Waals surface area contributed by atoms with Crippen LogP contribution in [-0.2, 0) is 13.2 Å². The largest absolute Gasteiger partial charge is 0.494 e. The maximum absolute atomic E-state index is 6.02. The van der Waals surface area contributed by atoms with Gasteiger partial charge in [-0.3, -0.25) is 0 Å². The Bertz CT molecular complexity index is 1130. The molecule has 166 valence electrons. The molecule has 1 atom stereocenters. The Morgan fingerprint density at radius 1 is 0.875 bits per heavy atom. The summed E-state index contributed by atoms with van der Waals surface area (Å²) in [6, 6.07) is 24.9. The summed E-state index contributed by atoms with van der Waals surface area (Å²) in [5.74, 6) is 3.30. The van der Waals surface area contributed by atoms with Gasteiger partial charge in [-0.25, -0.2) is 4.98 Å². The Morgan fingerprint density at radius 2 is 1.56 bits per heavy atom. The number of aromatic nitrogens is 2. The first kappa shape index (κ1) is 21.9. The van der Waals surface area contributed by atoms with Gasteiger partial charge in [0, 0.05) is 6.54 Å². The number of aryl methyl sites for hydroxylation is 2. The Hall–Kier alpha value is -3.27. The van der Waals surface area contributed by atoms with E-state index in [1.165, 1.54) is 11.1 Å². The summed E-state index contributed by atoms with van der Waals surface area (Å²) in [6.07, 6.45) is 2.04. The van der Waals surface area contributed by atoms with Gasteiger partial charge >= 0.3 is 0 Å². The van der Waals surface area contributed by atoms with Crippen LogP contribution < -0.4 is 9.47 Å². The van der Waals surface area contributed by atoms with Gasteiger partial charge in [-0.15, -0.1) is 0 Å². The van der Waals surface area contributed by atoms with Gasteiger partial charge < -0.3 is 14.0 Å². The Labute approximate surface area is 190 Å². The number of fused-ring (bicyclic) bond motifs is 1. The predicted octanol–water partition coefficient (Wildman–Crippen LogP) is 6.91. The molecule has 0 aliphatic carbocycles. The number of nitrogens with zero attached hydrogens (tertiary/aromatic N) is 2. The fourth-order valence-corrected chi connectivity index (χ4v) is 3.81. The summed E-state index contributed by atoms with van der Waals surface area (Å²) in [5, 5.41) is 0. The maximum atomic E-state index is 6.02. The molecule has 0 saturated carbocycles. The number of para-hydroxylation sites is 2. The Balaban J connectivity index is 1.38. The molecular weight excluding hydrogens is 396 g/mol. The predicted molar refractivity (Wildman–Crippen MR) is 131 cm³/mol. The van der Waals surface area contributed by atoms with Crippen LogP contribution in [0.5, 0.6) is 11.5 Å². The van der Waals surface area contributed by atoms with E-state index in [9.17, 15) is 0 Å². The number of hydrogen-bond donors (Lipinski definition) is 0. The van der Waals surface area contributed by atoms with E-state index in [4.69, 9.17) is 14.5 Å². The van der Waals surface area contributed by atoms with Crippen molar-refractivity contribution in [2.45, 2.75) is 52.7 Å². The smallest absolute Gasteiger partial charge is 0.147 e. The summed E-state index contributed by atoms with van der Waals surface area (Å²) in [6.45, 7) is 8.48. The summed E-state index contributed by atoms with van der Waals surface area (Å²) in [7, 11) is 0. The number of ether oxygens (including phenoxy) is 2. The standard InChI is InChI=1S/C28H32N2O2/c1-4-22(3)23-12-16-24(17-13-23)31-19-7-18-30-27-9-6-5-8-26(27)29-28(30)20-32-25-14-10-21(2)11-15-25/h5-6,8-17,22H,4,7,18-20H2,1-3H3. The average Bonchev–Trinajstić information content (AvgIpc) is 3.19. The molecule has 3 aromatic carbocycles. The highest BCUT2D eigenvalue weighted by molar-refractivity contribution is 5.75. The van der Waals surface area contributed by atoms with Crippen LogP contribution in [0.1, 0.15) is 49.6 Å². The van der Waals surface area contributed by atoms with Crippen LogP contribution in [0.15, 0.2) is 72.8 Å². The molecule has 1 aromatic heterocycles. The molecule has 32 heavy (non-hydrogen) atoms. The number of rotatable bonds is 10. The molecule has 1 unspecified atom stereocenters. The van der Waals surface area contributed by atoms with Crippen molar-refractivity contribution in [1.82, 2.24) is 9.55 Å². The molecule has 0 amide bonds. The molecular formula is C28H32N2O2. The highest BCUT2D eigenvalue weighted by Gasteiger charge is 2.11. The van der Waals surface area contributed by atoms with Crippen LogP contribution in [0.3, 0.4) is 0 Å². The van der Waals surface area contributed by atoms with E-state index in [-0.39, 0.29) is 0 Å². The van der Waals surface area contributed by atoms with E-state index >= 15 is 0 Å². The van der Waals surface area contributed by atoms with E-state index in [1.54, 1.807) is 0 Å². The second-order valence-corrected chi connectivity index (χ2v) is 8.35. The minimum Gasteiger partial charge on any atom is -0.494 e. The highest BCUT2D eigenvalue weighted by atomic mass is 16.5. The molecule has 4 rings (SSSR count). The van der Waals surface area contributed by atoms with Crippen LogP contribution in [0, 0.1) is 6.92 Å². The summed E-state index contributed by atoms with van der Waals surface area (Å²) >= 11 is 0. The molecule has 0 fully saturated rings. The highest BCUT2D eigenvalue weighted by Crippen LogP contribution is 2.22. The van der Waals surface area contributed by atoms with Crippen molar-refractivity contribution in [2.75, 3.05) is 6.61 Å². The molecule has 4 heteroatoms. The maximum Gasteiger partial charge on any atom is 0.147 e. The molecule has 0 aliphatic rings. The molecule has 0 spiro atoms. The molecule has 0 saturated heterocycles. The molecule has 4 aromatic rings. The Morgan fingerprint density at radius 3 is 2.31 bits per heavy atom. The lowest BCUT2D eigenvalue weighted by Crippen LogP contribution is -2.10. The van der Waals surface area contributed by atoms with Crippen LogP contribution >= 0.6 is 0 Å². The van der Waals surface area contributed by atoms with Gasteiger partial charge in [0.25, 0.3) is 0 Å². The number of benzene rings is 3. The number of imidazole rings is 1. The third-order valence-electron chi connectivity index (χ3n) is 5.98. The first-order valence-corrected chi connectivity index (χ1v) is 11.5. The fourth-order valence-electron chi connectivity index (χ4n) is 3.81. The topological polar surface area (TPSA) is 36.3 Å².